The average molecular weight is 247 g/mol. The molecule has 0 saturated heterocycles. The quantitative estimate of drug-likeness (QED) is 0.634. The lowest BCUT2D eigenvalue weighted by Gasteiger charge is -2.18. The number of hydrogen-bond acceptors (Lipinski definition) is 1. The van der Waals surface area contributed by atoms with Crippen LogP contribution < -0.4 is 5.32 Å². The zero-order valence-electron chi connectivity index (χ0n) is 9.53. The van der Waals surface area contributed by atoms with E-state index >= 15 is 0 Å². The molecule has 0 aliphatic carbocycles. The molecule has 94 valence electrons. The van der Waals surface area contributed by atoms with Gasteiger partial charge in [0.15, 0.2) is 0 Å². The first-order valence-corrected chi connectivity index (χ1v) is 4.96. The van der Waals surface area contributed by atoms with E-state index in [0.717, 1.165) is 12.1 Å². The van der Waals surface area contributed by atoms with Gasteiger partial charge in [-0.2, -0.15) is 13.2 Å². The van der Waals surface area contributed by atoms with Crippen LogP contribution in [0.1, 0.15) is 24.1 Å². The van der Waals surface area contributed by atoms with Crippen molar-refractivity contribution in [3.63, 3.8) is 0 Å². The van der Waals surface area contributed by atoms with Crippen LogP contribution in [0.15, 0.2) is 30.4 Å². The predicted molar refractivity (Wildman–Crippen MR) is 58.0 cm³/mol. The summed E-state index contributed by atoms with van der Waals surface area (Å²) < 4.78 is 50.6. The molecule has 1 aromatic carbocycles. The van der Waals surface area contributed by atoms with Crippen molar-refractivity contribution in [1.29, 1.82) is 0 Å². The van der Waals surface area contributed by atoms with Gasteiger partial charge in [0.2, 0.25) is 0 Å². The topological polar surface area (TPSA) is 12.0 Å². The lowest BCUT2D eigenvalue weighted by Crippen LogP contribution is -2.18. The van der Waals surface area contributed by atoms with Crippen LogP contribution in [0.5, 0.6) is 0 Å². The van der Waals surface area contributed by atoms with Gasteiger partial charge in [-0.05, 0) is 31.7 Å². The van der Waals surface area contributed by atoms with Gasteiger partial charge >= 0.3 is 6.18 Å². The number of rotatable bonds is 3. The number of nitrogens with one attached hydrogen (secondary N) is 1. The summed E-state index contributed by atoms with van der Waals surface area (Å²) in [4.78, 5) is 0. The van der Waals surface area contributed by atoms with Crippen molar-refractivity contribution in [2.75, 3.05) is 7.05 Å². The molecule has 0 aliphatic rings. The van der Waals surface area contributed by atoms with E-state index in [1.165, 1.54) is 6.07 Å². The van der Waals surface area contributed by atoms with Gasteiger partial charge in [0.05, 0.1) is 11.6 Å². The average Bonchev–Trinajstić information content (AvgIpc) is 2.19. The van der Waals surface area contributed by atoms with E-state index in [1.807, 2.05) is 0 Å². The Morgan fingerprint density at radius 1 is 1.35 bits per heavy atom. The highest BCUT2D eigenvalue weighted by atomic mass is 19.4. The Morgan fingerprint density at radius 2 is 1.94 bits per heavy atom. The van der Waals surface area contributed by atoms with Crippen molar-refractivity contribution < 1.29 is 17.6 Å². The van der Waals surface area contributed by atoms with Crippen LogP contribution in [0.25, 0.3) is 0 Å². The third kappa shape index (κ3) is 3.06. The summed E-state index contributed by atoms with van der Waals surface area (Å²) in [7, 11) is 1.61. The Balaban J connectivity index is 3.25. The molecule has 0 heterocycles. The van der Waals surface area contributed by atoms with Gasteiger partial charge in [0.1, 0.15) is 5.82 Å². The molecular weight excluding hydrogens is 234 g/mol. The summed E-state index contributed by atoms with van der Waals surface area (Å²) in [5.41, 5.74) is -0.252. The van der Waals surface area contributed by atoms with Crippen LogP contribution in [0, 0.1) is 5.82 Å². The molecule has 1 nitrogen and oxygen atoms in total. The van der Waals surface area contributed by atoms with Crippen LogP contribution in [-0.4, -0.2) is 7.05 Å². The molecule has 5 heteroatoms. The smallest absolute Gasteiger partial charge is 0.310 e. The molecule has 1 N–H and O–H groups in total. The van der Waals surface area contributed by atoms with E-state index in [9.17, 15) is 17.6 Å². The fourth-order valence-corrected chi connectivity index (χ4v) is 1.64. The summed E-state index contributed by atoms with van der Waals surface area (Å²) in [5.74, 6) is -1.27. The van der Waals surface area contributed by atoms with Gasteiger partial charge < -0.3 is 5.32 Å². The van der Waals surface area contributed by atoms with Crippen molar-refractivity contribution in [3.05, 3.63) is 47.3 Å². The van der Waals surface area contributed by atoms with E-state index in [0.29, 0.717) is 11.1 Å². The van der Waals surface area contributed by atoms with Gasteiger partial charge in [0.25, 0.3) is 0 Å². The summed E-state index contributed by atoms with van der Waals surface area (Å²) in [6.07, 6.45) is -4.69. The van der Waals surface area contributed by atoms with E-state index in [4.69, 9.17) is 0 Å². The van der Waals surface area contributed by atoms with Crippen molar-refractivity contribution >= 4 is 0 Å². The normalized spacial score (nSPS) is 13.5. The highest BCUT2D eigenvalue weighted by molar-refractivity contribution is 5.32. The maximum Gasteiger partial charge on any atom is 0.419 e. The van der Waals surface area contributed by atoms with E-state index < -0.39 is 23.6 Å². The van der Waals surface area contributed by atoms with Crippen LogP contribution in [0.2, 0.25) is 0 Å². The summed E-state index contributed by atoms with van der Waals surface area (Å²) in [6.45, 7) is 5.37. The molecule has 0 spiro atoms. The largest absolute Gasteiger partial charge is 0.419 e. The lowest BCUT2D eigenvalue weighted by molar-refractivity contribution is -0.140. The van der Waals surface area contributed by atoms with Crippen molar-refractivity contribution in [3.8, 4) is 0 Å². The van der Waals surface area contributed by atoms with Gasteiger partial charge in [0, 0.05) is 0 Å². The van der Waals surface area contributed by atoms with Crippen LogP contribution in [-0.2, 0) is 6.18 Å². The number of hydrogen-bond donors (Lipinski definition) is 1. The zero-order chi connectivity index (χ0) is 13.2. The molecule has 0 fully saturated rings. The minimum atomic E-state index is -4.69. The van der Waals surface area contributed by atoms with E-state index in [2.05, 4.69) is 11.9 Å². The first-order valence-electron chi connectivity index (χ1n) is 4.96. The minimum Gasteiger partial charge on any atom is -0.310 e. The Labute approximate surface area is 97.1 Å². The molecule has 0 bridgehead atoms. The highest BCUT2D eigenvalue weighted by Crippen LogP contribution is 2.33. The SMILES string of the molecule is C=C(C)C(NC)c1ccc(F)c(C(F)(F)F)c1. The van der Waals surface area contributed by atoms with Crippen molar-refractivity contribution in [2.24, 2.45) is 0 Å². The van der Waals surface area contributed by atoms with Gasteiger partial charge in [-0.15, -0.1) is 0 Å². The standard InChI is InChI=1S/C12H13F4N/c1-7(2)11(17-3)8-4-5-10(13)9(6-8)12(14,15)16/h4-6,11,17H,1H2,2-3H3. The fraction of sp³-hybridized carbons (Fsp3) is 0.333. The third-order valence-electron chi connectivity index (χ3n) is 2.41. The molecule has 0 radical (unpaired) electrons. The Morgan fingerprint density at radius 3 is 2.35 bits per heavy atom. The van der Waals surface area contributed by atoms with Gasteiger partial charge in [-0.25, -0.2) is 4.39 Å². The minimum absolute atomic E-state index is 0.341. The Bertz CT molecular complexity index is 423. The molecule has 0 aromatic heterocycles. The Hall–Kier alpha value is -1.36. The number of halogens is 4. The van der Waals surface area contributed by atoms with Crippen LogP contribution >= 0.6 is 0 Å². The molecular formula is C12H13F4N. The van der Waals surface area contributed by atoms with Crippen molar-refractivity contribution in [2.45, 2.75) is 19.1 Å². The number of benzene rings is 1. The first-order chi connectivity index (χ1) is 7.77. The van der Waals surface area contributed by atoms with Gasteiger partial charge in [-0.3, -0.25) is 0 Å². The maximum absolute atomic E-state index is 13.1. The number of likely N-dealkylation sites (N-methyl/N-ethyl adjacent to an activating group) is 1. The second-order valence-electron chi connectivity index (χ2n) is 3.81. The molecule has 17 heavy (non-hydrogen) atoms. The van der Waals surface area contributed by atoms with E-state index in [-0.39, 0.29) is 0 Å². The van der Waals surface area contributed by atoms with Gasteiger partial charge in [-0.1, -0.05) is 18.2 Å². The fourth-order valence-electron chi connectivity index (χ4n) is 1.64. The van der Waals surface area contributed by atoms with Crippen LogP contribution in [0.3, 0.4) is 0 Å². The molecule has 1 rings (SSSR count). The first kappa shape index (κ1) is 13.7. The molecule has 0 saturated carbocycles. The molecule has 1 aromatic rings. The lowest BCUT2D eigenvalue weighted by atomic mass is 9.99. The van der Waals surface area contributed by atoms with E-state index in [1.54, 1.807) is 14.0 Å². The second kappa shape index (κ2) is 4.87. The third-order valence-corrected chi connectivity index (χ3v) is 2.41. The van der Waals surface area contributed by atoms with Crippen LogP contribution in [0.4, 0.5) is 17.6 Å². The number of alkyl halides is 3. The summed E-state index contributed by atoms with van der Waals surface area (Å²) >= 11 is 0. The zero-order valence-corrected chi connectivity index (χ0v) is 9.53. The maximum atomic E-state index is 13.1. The highest BCUT2D eigenvalue weighted by Gasteiger charge is 2.34. The van der Waals surface area contributed by atoms with Crippen molar-refractivity contribution in [1.82, 2.24) is 5.32 Å². The summed E-state index contributed by atoms with van der Waals surface area (Å²) in [5, 5.41) is 2.83. The molecule has 1 atom stereocenters. The Kier molecular flexibility index (Phi) is 3.93. The molecule has 1 unspecified atom stereocenters. The monoisotopic (exact) mass is 247 g/mol. The molecule has 0 amide bonds. The summed E-state index contributed by atoms with van der Waals surface area (Å²) in [6, 6.07) is 2.54. The molecule has 0 aliphatic heterocycles. The second-order valence-corrected chi connectivity index (χ2v) is 3.81. The predicted octanol–water partition coefficient (Wildman–Crippen LogP) is 3.68.